The monoisotopic (exact) mass is 460 g/mol. The van der Waals surface area contributed by atoms with Crippen molar-refractivity contribution in [2.24, 2.45) is 17.2 Å². The zero-order chi connectivity index (χ0) is 24.7. The van der Waals surface area contributed by atoms with Gasteiger partial charge in [-0.05, 0) is 38.6 Å². The number of carbonyl (C=O) groups is 6. The second-order valence-electron chi connectivity index (χ2n) is 7.07. The van der Waals surface area contributed by atoms with E-state index in [9.17, 15) is 33.9 Å². The normalized spacial score (nSPS) is 13.3. The van der Waals surface area contributed by atoms with Gasteiger partial charge in [-0.3, -0.25) is 24.0 Å². The van der Waals surface area contributed by atoms with Crippen molar-refractivity contribution in [1.29, 1.82) is 0 Å². The maximum absolute atomic E-state index is 12.5. The number of rotatable bonds is 17. The first kappa shape index (κ1) is 28.7. The van der Waals surface area contributed by atoms with Crippen LogP contribution >= 0.6 is 0 Å². The van der Waals surface area contributed by atoms with Gasteiger partial charge in [0.25, 0.3) is 0 Å². The molecule has 182 valence electrons. The first-order valence-corrected chi connectivity index (χ1v) is 10.0. The van der Waals surface area contributed by atoms with Gasteiger partial charge < -0.3 is 43.4 Å². The SMILES string of the molecule is NCCCCC(NC(=O)CNC(=O)C(N)CCC(=O)O)C(=O)NC(CCC(N)=O)C(=O)O. The van der Waals surface area contributed by atoms with Gasteiger partial charge in [-0.25, -0.2) is 4.79 Å². The van der Waals surface area contributed by atoms with E-state index in [0.29, 0.717) is 19.4 Å². The number of nitrogens with one attached hydrogen (secondary N) is 3. The molecule has 14 nitrogen and oxygen atoms in total. The third-order valence-electron chi connectivity index (χ3n) is 4.32. The number of aliphatic carboxylic acids is 2. The number of amides is 4. The lowest BCUT2D eigenvalue weighted by atomic mass is 10.1. The van der Waals surface area contributed by atoms with Crippen LogP contribution in [0.5, 0.6) is 0 Å². The maximum Gasteiger partial charge on any atom is 0.326 e. The number of nitrogens with two attached hydrogens (primary N) is 3. The lowest BCUT2D eigenvalue weighted by Gasteiger charge is -2.21. The highest BCUT2D eigenvalue weighted by atomic mass is 16.4. The van der Waals surface area contributed by atoms with Gasteiger partial charge in [0.15, 0.2) is 0 Å². The molecule has 0 bridgehead atoms. The van der Waals surface area contributed by atoms with Gasteiger partial charge >= 0.3 is 11.9 Å². The Bertz CT molecular complexity index is 686. The summed E-state index contributed by atoms with van der Waals surface area (Å²) in [5.74, 6) is -5.46. The van der Waals surface area contributed by atoms with Gasteiger partial charge in [-0.15, -0.1) is 0 Å². The van der Waals surface area contributed by atoms with E-state index >= 15 is 0 Å². The first-order chi connectivity index (χ1) is 15.0. The maximum atomic E-state index is 12.5. The van der Waals surface area contributed by atoms with Crippen molar-refractivity contribution in [3.05, 3.63) is 0 Å². The Morgan fingerprint density at radius 2 is 1.47 bits per heavy atom. The molecular formula is C18H32N6O8. The lowest BCUT2D eigenvalue weighted by molar-refractivity contribution is -0.142. The molecule has 3 unspecified atom stereocenters. The van der Waals surface area contributed by atoms with Crippen molar-refractivity contribution >= 4 is 35.6 Å². The summed E-state index contributed by atoms with van der Waals surface area (Å²) in [4.78, 5) is 69.3. The highest BCUT2D eigenvalue weighted by molar-refractivity contribution is 5.92. The predicted molar refractivity (Wildman–Crippen MR) is 111 cm³/mol. The molecule has 0 heterocycles. The number of primary amides is 1. The number of carboxylic acids is 2. The standard InChI is InChI=1S/C18H32N6O8/c19-8-2-1-3-11(17(30)24-12(18(31)32)5-6-13(21)25)23-14(26)9-22-16(29)10(20)4-7-15(27)28/h10-12H,1-9,19-20H2,(H2,21,25)(H,22,29)(H,23,26)(H,24,30)(H,27,28)(H,31,32). The first-order valence-electron chi connectivity index (χ1n) is 10.0. The fourth-order valence-electron chi connectivity index (χ4n) is 2.53. The Kier molecular flexibility index (Phi) is 13.9. The molecule has 0 aliphatic heterocycles. The second-order valence-corrected chi connectivity index (χ2v) is 7.07. The third-order valence-corrected chi connectivity index (χ3v) is 4.32. The number of hydrogen-bond donors (Lipinski definition) is 8. The largest absolute Gasteiger partial charge is 0.481 e. The highest BCUT2D eigenvalue weighted by Gasteiger charge is 2.27. The van der Waals surface area contributed by atoms with Gasteiger partial charge in [0, 0.05) is 12.8 Å². The van der Waals surface area contributed by atoms with Gasteiger partial charge in [0.05, 0.1) is 12.6 Å². The van der Waals surface area contributed by atoms with Crippen molar-refractivity contribution in [1.82, 2.24) is 16.0 Å². The average Bonchev–Trinajstić information content (AvgIpc) is 2.71. The summed E-state index contributed by atoms with van der Waals surface area (Å²) in [6, 6.07) is -3.61. The van der Waals surface area contributed by atoms with E-state index in [0.717, 1.165) is 0 Å². The summed E-state index contributed by atoms with van der Waals surface area (Å²) in [6.45, 7) is -0.173. The van der Waals surface area contributed by atoms with E-state index in [4.69, 9.17) is 22.3 Å². The molecule has 0 rings (SSSR count). The van der Waals surface area contributed by atoms with Crippen LogP contribution in [0, 0.1) is 0 Å². The molecule has 4 amide bonds. The fourth-order valence-corrected chi connectivity index (χ4v) is 2.53. The Balaban J connectivity index is 4.90. The van der Waals surface area contributed by atoms with Crippen LogP contribution in [-0.2, 0) is 28.8 Å². The summed E-state index contributed by atoms with van der Waals surface area (Å²) in [5.41, 5.74) is 16.0. The van der Waals surface area contributed by atoms with Crippen LogP contribution in [0.2, 0.25) is 0 Å². The van der Waals surface area contributed by atoms with Crippen molar-refractivity contribution in [2.75, 3.05) is 13.1 Å². The minimum atomic E-state index is -1.38. The van der Waals surface area contributed by atoms with Crippen LogP contribution in [-0.4, -0.2) is 77.0 Å². The summed E-state index contributed by atoms with van der Waals surface area (Å²) in [5, 5.41) is 24.7. The molecule has 14 heteroatoms. The van der Waals surface area contributed by atoms with Crippen molar-refractivity contribution in [2.45, 2.75) is 63.1 Å². The van der Waals surface area contributed by atoms with E-state index in [-0.39, 0.29) is 32.1 Å². The highest BCUT2D eigenvalue weighted by Crippen LogP contribution is 2.04. The smallest absolute Gasteiger partial charge is 0.326 e. The summed E-state index contributed by atoms with van der Waals surface area (Å²) in [6.07, 6.45) is 0.265. The predicted octanol–water partition coefficient (Wildman–Crippen LogP) is -3.26. The van der Waals surface area contributed by atoms with Gasteiger partial charge in [-0.2, -0.15) is 0 Å². The van der Waals surface area contributed by atoms with Crippen molar-refractivity contribution in [3.8, 4) is 0 Å². The zero-order valence-electron chi connectivity index (χ0n) is 17.7. The van der Waals surface area contributed by atoms with Crippen molar-refractivity contribution < 1.29 is 39.0 Å². The van der Waals surface area contributed by atoms with E-state index < -0.39 is 60.2 Å². The molecule has 0 saturated carbocycles. The molecule has 0 aromatic heterocycles. The minimum absolute atomic E-state index is 0.116. The summed E-state index contributed by atoms with van der Waals surface area (Å²) >= 11 is 0. The third kappa shape index (κ3) is 13.1. The lowest BCUT2D eigenvalue weighted by Crippen LogP contribution is -2.53. The van der Waals surface area contributed by atoms with E-state index in [2.05, 4.69) is 16.0 Å². The van der Waals surface area contributed by atoms with E-state index in [1.807, 2.05) is 0 Å². The average molecular weight is 460 g/mol. The number of carboxylic acid groups (broad SMARTS) is 2. The molecule has 0 aliphatic rings. The molecule has 0 radical (unpaired) electrons. The van der Waals surface area contributed by atoms with Crippen LogP contribution in [0.15, 0.2) is 0 Å². The minimum Gasteiger partial charge on any atom is -0.481 e. The molecule has 11 N–H and O–H groups in total. The van der Waals surface area contributed by atoms with E-state index in [1.54, 1.807) is 0 Å². The molecule has 0 spiro atoms. The molecule has 3 atom stereocenters. The van der Waals surface area contributed by atoms with Crippen LogP contribution in [0.4, 0.5) is 0 Å². The Hall–Kier alpha value is -3.26. The Morgan fingerprint density at radius 3 is 2.00 bits per heavy atom. The summed E-state index contributed by atoms with van der Waals surface area (Å²) in [7, 11) is 0. The van der Waals surface area contributed by atoms with Crippen LogP contribution in [0.25, 0.3) is 0 Å². The van der Waals surface area contributed by atoms with Crippen LogP contribution in [0.3, 0.4) is 0 Å². The van der Waals surface area contributed by atoms with Crippen molar-refractivity contribution in [3.63, 3.8) is 0 Å². The number of carbonyl (C=O) groups excluding carboxylic acids is 4. The molecule has 32 heavy (non-hydrogen) atoms. The quantitative estimate of drug-likeness (QED) is 0.100. The molecule has 0 aromatic carbocycles. The van der Waals surface area contributed by atoms with E-state index in [1.165, 1.54) is 0 Å². The molecule has 0 aromatic rings. The Labute approximate surface area is 184 Å². The van der Waals surface area contributed by atoms with Gasteiger partial charge in [0.2, 0.25) is 23.6 Å². The topological polar surface area (TPSA) is 257 Å². The van der Waals surface area contributed by atoms with Gasteiger partial charge in [0.1, 0.15) is 12.1 Å². The molecular weight excluding hydrogens is 428 g/mol. The zero-order valence-corrected chi connectivity index (χ0v) is 17.7. The molecule has 0 saturated heterocycles. The molecule has 0 aliphatic carbocycles. The van der Waals surface area contributed by atoms with Crippen LogP contribution < -0.4 is 33.2 Å². The van der Waals surface area contributed by atoms with Gasteiger partial charge in [-0.1, -0.05) is 0 Å². The number of unbranched alkanes of at least 4 members (excludes halogenated alkanes) is 1. The summed E-state index contributed by atoms with van der Waals surface area (Å²) < 4.78 is 0. The van der Waals surface area contributed by atoms with Crippen LogP contribution in [0.1, 0.15) is 44.9 Å². The Morgan fingerprint density at radius 1 is 0.812 bits per heavy atom. The number of hydrogen-bond acceptors (Lipinski definition) is 8. The fraction of sp³-hybridized carbons (Fsp3) is 0.667. The molecule has 0 fully saturated rings. The second kappa shape index (κ2) is 15.5.